The zero-order chi connectivity index (χ0) is 22.2. The van der Waals surface area contributed by atoms with Gasteiger partial charge >= 0.3 is 0 Å². The van der Waals surface area contributed by atoms with Crippen LogP contribution >= 0.6 is 6.04 Å². The van der Waals surface area contributed by atoms with Gasteiger partial charge in [0.1, 0.15) is 0 Å². The molecule has 4 aromatic carbocycles. The zero-order valence-electron chi connectivity index (χ0n) is 18.1. The second-order valence-corrected chi connectivity index (χ2v) is 12.2. The molecule has 0 nitrogen and oxygen atoms in total. The van der Waals surface area contributed by atoms with Crippen molar-refractivity contribution in [3.05, 3.63) is 150 Å². The van der Waals surface area contributed by atoms with Gasteiger partial charge in [-0.1, -0.05) is 139 Å². The third-order valence-electron chi connectivity index (χ3n) is 5.65. The Bertz CT molecular complexity index is 1180. The number of hydrogen-bond acceptors (Lipinski definition) is 1. The fourth-order valence-corrected chi connectivity index (χ4v) is 8.49. The van der Waals surface area contributed by atoms with E-state index in [9.17, 15) is 0 Å². The number of allylic oxidation sites excluding steroid dienone is 3. The Labute approximate surface area is 197 Å². The van der Waals surface area contributed by atoms with Crippen molar-refractivity contribution < 1.29 is 0 Å². The molecule has 0 spiro atoms. The van der Waals surface area contributed by atoms with E-state index in [1.807, 2.05) is 6.08 Å². The van der Waals surface area contributed by atoms with E-state index in [0.717, 1.165) is 12.8 Å². The standard InChI is InChI=1S/C30H27PS/c1-2-15-30(29(26-18-9-4-10-19-26)24-25-16-7-3-8-17-25)31(32,27-20-11-5-12-21-27)28-22-13-6-14-23-28/h2-14,16-23H,1,15,24H2/b30-29-. The van der Waals surface area contributed by atoms with Crippen LogP contribution in [0.25, 0.3) is 5.57 Å². The van der Waals surface area contributed by atoms with Crippen molar-refractivity contribution in [1.29, 1.82) is 0 Å². The van der Waals surface area contributed by atoms with Gasteiger partial charge in [0.2, 0.25) is 0 Å². The van der Waals surface area contributed by atoms with E-state index in [0.29, 0.717) is 0 Å². The van der Waals surface area contributed by atoms with Crippen LogP contribution in [0.4, 0.5) is 0 Å². The highest BCUT2D eigenvalue weighted by molar-refractivity contribution is 8.24. The third-order valence-corrected chi connectivity index (χ3v) is 10.8. The highest BCUT2D eigenvalue weighted by atomic mass is 32.4. The minimum absolute atomic E-state index is 0.762. The molecule has 0 aliphatic rings. The molecule has 0 N–H and O–H groups in total. The number of benzene rings is 4. The summed E-state index contributed by atoms with van der Waals surface area (Å²) in [5.74, 6) is 0. The predicted octanol–water partition coefficient (Wildman–Crippen LogP) is 7.35. The van der Waals surface area contributed by atoms with Crippen molar-refractivity contribution >= 4 is 34.0 Å². The number of rotatable bonds is 8. The van der Waals surface area contributed by atoms with Crippen LogP contribution in [0.5, 0.6) is 0 Å². The summed E-state index contributed by atoms with van der Waals surface area (Å²) in [6.07, 6.45) is 3.61. The first kappa shape index (κ1) is 22.2. The van der Waals surface area contributed by atoms with Crippen molar-refractivity contribution in [2.45, 2.75) is 12.8 Å². The molecule has 32 heavy (non-hydrogen) atoms. The van der Waals surface area contributed by atoms with Crippen molar-refractivity contribution in [3.63, 3.8) is 0 Å². The quantitative estimate of drug-likeness (QED) is 0.200. The van der Waals surface area contributed by atoms with Crippen LogP contribution in [0, 0.1) is 0 Å². The van der Waals surface area contributed by atoms with Crippen LogP contribution in [-0.4, -0.2) is 0 Å². The molecule has 0 heterocycles. The smallest absolute Gasteiger partial charge is 0.0346 e. The molecule has 0 aromatic heterocycles. The Balaban J connectivity index is 2.04. The van der Waals surface area contributed by atoms with Crippen molar-refractivity contribution in [2.24, 2.45) is 0 Å². The summed E-state index contributed by atoms with van der Waals surface area (Å²) in [5.41, 5.74) is 3.83. The molecular formula is C30H27PS. The van der Waals surface area contributed by atoms with Crippen LogP contribution in [-0.2, 0) is 18.2 Å². The maximum Gasteiger partial charge on any atom is 0.0346 e. The van der Waals surface area contributed by atoms with Crippen LogP contribution in [0.1, 0.15) is 17.5 Å². The fraction of sp³-hybridized carbons (Fsp3) is 0.0667. The van der Waals surface area contributed by atoms with Gasteiger partial charge < -0.3 is 0 Å². The van der Waals surface area contributed by atoms with E-state index < -0.39 is 6.04 Å². The molecule has 4 aromatic rings. The molecule has 0 aliphatic heterocycles. The van der Waals surface area contributed by atoms with E-state index in [1.165, 1.54) is 32.6 Å². The van der Waals surface area contributed by atoms with Gasteiger partial charge in [0, 0.05) is 6.04 Å². The van der Waals surface area contributed by atoms with Gasteiger partial charge in [-0.2, -0.15) is 0 Å². The summed E-state index contributed by atoms with van der Waals surface area (Å²) in [6.45, 7) is 4.12. The van der Waals surface area contributed by atoms with Gasteiger partial charge in [-0.25, -0.2) is 0 Å². The summed E-state index contributed by atoms with van der Waals surface area (Å²) < 4.78 is 0. The lowest BCUT2D eigenvalue weighted by molar-refractivity contribution is 1.24. The average molecular weight is 451 g/mol. The predicted molar refractivity (Wildman–Crippen MR) is 145 cm³/mol. The molecular weight excluding hydrogens is 423 g/mol. The molecule has 0 saturated carbocycles. The minimum atomic E-state index is -2.27. The van der Waals surface area contributed by atoms with Gasteiger partial charge in [-0.3, -0.25) is 0 Å². The molecule has 2 heteroatoms. The Morgan fingerprint density at radius 1 is 0.656 bits per heavy atom. The monoisotopic (exact) mass is 450 g/mol. The maximum absolute atomic E-state index is 6.72. The molecule has 0 unspecified atom stereocenters. The Morgan fingerprint density at radius 2 is 1.09 bits per heavy atom. The lowest BCUT2D eigenvalue weighted by Crippen LogP contribution is -2.18. The summed E-state index contributed by atoms with van der Waals surface area (Å²) in [4.78, 5) is 0. The highest BCUT2D eigenvalue weighted by Crippen LogP contribution is 2.56. The molecule has 0 fully saturated rings. The SMILES string of the molecule is C=CC/C(=C(\Cc1ccccc1)c1ccccc1)P(=S)(c1ccccc1)c1ccccc1. The molecule has 0 amide bonds. The van der Waals surface area contributed by atoms with Crippen LogP contribution in [0.3, 0.4) is 0 Å². The maximum atomic E-state index is 6.72. The van der Waals surface area contributed by atoms with Gasteiger partial charge in [-0.15, -0.1) is 6.58 Å². The second kappa shape index (κ2) is 10.6. The first-order valence-electron chi connectivity index (χ1n) is 10.9. The fourth-order valence-electron chi connectivity index (χ4n) is 4.13. The van der Waals surface area contributed by atoms with Crippen molar-refractivity contribution in [3.8, 4) is 0 Å². The zero-order valence-corrected chi connectivity index (χ0v) is 19.8. The lowest BCUT2D eigenvalue weighted by Gasteiger charge is -2.29. The highest BCUT2D eigenvalue weighted by Gasteiger charge is 2.29. The minimum Gasteiger partial charge on any atom is -0.103 e. The molecule has 4 rings (SSSR count). The summed E-state index contributed by atoms with van der Waals surface area (Å²) in [6, 6.07) is 40.4. The van der Waals surface area contributed by atoms with Crippen LogP contribution < -0.4 is 10.6 Å². The van der Waals surface area contributed by atoms with E-state index in [1.54, 1.807) is 0 Å². The molecule has 0 aliphatic carbocycles. The third kappa shape index (κ3) is 4.75. The average Bonchev–Trinajstić information content (AvgIpc) is 2.88. The Morgan fingerprint density at radius 3 is 1.56 bits per heavy atom. The van der Waals surface area contributed by atoms with Gasteiger partial charge in [-0.05, 0) is 45.5 Å². The van der Waals surface area contributed by atoms with Crippen molar-refractivity contribution in [1.82, 2.24) is 0 Å². The largest absolute Gasteiger partial charge is 0.103 e. The number of hydrogen-bond donors (Lipinski definition) is 0. The molecule has 0 bridgehead atoms. The summed E-state index contributed by atoms with van der Waals surface area (Å²) in [7, 11) is 0. The Hall–Kier alpha value is -2.99. The van der Waals surface area contributed by atoms with Gasteiger partial charge in [0.15, 0.2) is 0 Å². The van der Waals surface area contributed by atoms with E-state index >= 15 is 0 Å². The summed E-state index contributed by atoms with van der Waals surface area (Å²) >= 11 is 6.72. The molecule has 0 saturated heterocycles. The lowest BCUT2D eigenvalue weighted by atomic mass is 9.97. The first-order chi connectivity index (χ1) is 15.7. The first-order valence-corrected chi connectivity index (χ1v) is 13.7. The van der Waals surface area contributed by atoms with E-state index in [2.05, 4.69) is 128 Å². The van der Waals surface area contributed by atoms with E-state index in [-0.39, 0.29) is 0 Å². The molecule has 158 valence electrons. The Kier molecular flexibility index (Phi) is 7.32. The second-order valence-electron chi connectivity index (χ2n) is 7.73. The van der Waals surface area contributed by atoms with Crippen molar-refractivity contribution in [2.75, 3.05) is 0 Å². The normalized spacial score (nSPS) is 12.1. The van der Waals surface area contributed by atoms with Crippen LogP contribution in [0.2, 0.25) is 0 Å². The van der Waals surface area contributed by atoms with E-state index in [4.69, 9.17) is 11.8 Å². The molecule has 0 radical (unpaired) electrons. The summed E-state index contributed by atoms with van der Waals surface area (Å²) in [5, 5.41) is 3.76. The van der Waals surface area contributed by atoms with Gasteiger partial charge in [0.05, 0.1) is 0 Å². The van der Waals surface area contributed by atoms with Crippen LogP contribution in [0.15, 0.2) is 139 Å². The topological polar surface area (TPSA) is 0 Å². The van der Waals surface area contributed by atoms with Gasteiger partial charge in [0.25, 0.3) is 0 Å². The molecule has 0 atom stereocenters.